The fourth-order valence-electron chi connectivity index (χ4n) is 4.50. The SMILES string of the molecule is Cc1cc2nc(C(O)Nc3ccc(N4CCN(C5CC5)CC4)cc3C(N)=O)cn2c(C)n1. The molecule has 1 atom stereocenters. The van der Waals surface area contributed by atoms with E-state index < -0.39 is 12.1 Å². The molecule has 1 unspecified atom stereocenters. The molecule has 2 aliphatic rings. The lowest BCUT2D eigenvalue weighted by Gasteiger charge is -2.36. The summed E-state index contributed by atoms with van der Waals surface area (Å²) in [5, 5.41) is 13.8. The van der Waals surface area contributed by atoms with Crippen LogP contribution in [0, 0.1) is 13.8 Å². The van der Waals surface area contributed by atoms with Crippen LogP contribution < -0.4 is 16.0 Å². The van der Waals surface area contributed by atoms with Gasteiger partial charge in [0.05, 0.1) is 5.56 Å². The van der Waals surface area contributed by atoms with Crippen molar-refractivity contribution >= 4 is 22.9 Å². The van der Waals surface area contributed by atoms with Gasteiger partial charge in [-0.05, 0) is 44.9 Å². The number of piperazine rings is 1. The zero-order chi connectivity index (χ0) is 22.4. The second-order valence-corrected chi connectivity index (χ2v) is 8.73. The molecule has 2 aromatic heterocycles. The first-order chi connectivity index (χ1) is 15.4. The standard InChI is InChI=1S/C23H29N7O2/c1-14-11-21-26-20(13-30(21)15(2)25-14)23(32)27-19-6-5-17(12-18(19)22(24)31)29-9-7-28(8-10-29)16-3-4-16/h5-6,11-13,16,23,27,32H,3-4,7-10H2,1-2H3,(H2,24,31). The van der Waals surface area contributed by atoms with E-state index in [9.17, 15) is 9.90 Å². The molecule has 1 amide bonds. The van der Waals surface area contributed by atoms with Gasteiger partial charge in [0.1, 0.15) is 17.2 Å². The highest BCUT2D eigenvalue weighted by atomic mass is 16.3. The number of aliphatic hydroxyl groups is 1. The molecule has 0 spiro atoms. The maximum Gasteiger partial charge on any atom is 0.250 e. The van der Waals surface area contributed by atoms with Crippen LogP contribution in [0.15, 0.2) is 30.5 Å². The van der Waals surface area contributed by atoms with E-state index in [1.54, 1.807) is 12.3 Å². The number of imidazole rings is 1. The number of benzene rings is 1. The molecular weight excluding hydrogens is 406 g/mol. The minimum absolute atomic E-state index is 0.351. The Balaban J connectivity index is 1.35. The summed E-state index contributed by atoms with van der Waals surface area (Å²) in [7, 11) is 0. The molecule has 3 heterocycles. The lowest BCUT2D eigenvalue weighted by molar-refractivity contribution is 0.100. The van der Waals surface area contributed by atoms with Crippen molar-refractivity contribution in [1.82, 2.24) is 19.3 Å². The molecule has 3 aromatic rings. The Morgan fingerprint density at radius 3 is 2.59 bits per heavy atom. The Labute approximate surface area is 186 Å². The summed E-state index contributed by atoms with van der Waals surface area (Å²) in [6.45, 7) is 7.73. The third kappa shape index (κ3) is 4.01. The van der Waals surface area contributed by atoms with Crippen LogP contribution in [0.4, 0.5) is 11.4 Å². The van der Waals surface area contributed by atoms with Crippen molar-refractivity contribution in [2.45, 2.75) is 39.0 Å². The first-order valence-electron chi connectivity index (χ1n) is 11.1. The molecule has 168 valence electrons. The Morgan fingerprint density at radius 1 is 1.16 bits per heavy atom. The van der Waals surface area contributed by atoms with Crippen LogP contribution >= 0.6 is 0 Å². The maximum absolute atomic E-state index is 12.2. The summed E-state index contributed by atoms with van der Waals surface area (Å²) in [5.41, 5.74) is 9.49. The van der Waals surface area contributed by atoms with Crippen LogP contribution in [-0.2, 0) is 0 Å². The predicted octanol–water partition coefficient (Wildman–Crippen LogP) is 1.83. The maximum atomic E-state index is 12.2. The first kappa shape index (κ1) is 20.7. The van der Waals surface area contributed by atoms with Crippen LogP contribution in [0.2, 0.25) is 0 Å². The number of hydrogen-bond donors (Lipinski definition) is 3. The topological polar surface area (TPSA) is 112 Å². The van der Waals surface area contributed by atoms with Gasteiger partial charge in [-0.25, -0.2) is 9.97 Å². The van der Waals surface area contributed by atoms with Crippen molar-refractivity contribution in [1.29, 1.82) is 0 Å². The minimum atomic E-state index is -1.10. The van der Waals surface area contributed by atoms with E-state index in [4.69, 9.17) is 5.73 Å². The fourth-order valence-corrected chi connectivity index (χ4v) is 4.50. The van der Waals surface area contributed by atoms with Gasteiger partial charge in [0, 0.05) is 61.6 Å². The number of fused-ring (bicyclic) bond motifs is 1. The van der Waals surface area contributed by atoms with E-state index in [0.29, 0.717) is 22.6 Å². The largest absolute Gasteiger partial charge is 0.369 e. The Hall–Kier alpha value is -3.17. The molecular formula is C23H29N7O2. The molecule has 4 N–H and O–H groups in total. The number of rotatable bonds is 6. The minimum Gasteiger partial charge on any atom is -0.369 e. The van der Waals surface area contributed by atoms with Crippen molar-refractivity contribution < 1.29 is 9.90 Å². The molecule has 1 aliphatic heterocycles. The lowest BCUT2D eigenvalue weighted by atomic mass is 10.1. The van der Waals surface area contributed by atoms with E-state index >= 15 is 0 Å². The number of nitrogens with zero attached hydrogens (tertiary/aromatic N) is 5. The van der Waals surface area contributed by atoms with Gasteiger partial charge in [0.25, 0.3) is 5.91 Å². The Morgan fingerprint density at radius 2 is 1.91 bits per heavy atom. The van der Waals surface area contributed by atoms with Crippen LogP contribution in [-0.4, -0.2) is 62.5 Å². The first-order valence-corrected chi connectivity index (χ1v) is 11.1. The van der Waals surface area contributed by atoms with E-state index in [1.165, 1.54) is 12.8 Å². The highest BCUT2D eigenvalue weighted by Crippen LogP contribution is 2.30. The summed E-state index contributed by atoms with van der Waals surface area (Å²) < 4.78 is 1.83. The molecule has 9 nitrogen and oxygen atoms in total. The van der Waals surface area contributed by atoms with Gasteiger partial charge in [-0.2, -0.15) is 0 Å². The molecule has 1 aromatic carbocycles. The molecule has 0 bridgehead atoms. The second kappa shape index (κ2) is 8.07. The number of aliphatic hydroxyl groups excluding tert-OH is 1. The van der Waals surface area contributed by atoms with Gasteiger partial charge in [-0.1, -0.05) is 0 Å². The summed E-state index contributed by atoms with van der Waals surface area (Å²) in [6.07, 6.45) is 3.28. The zero-order valence-corrected chi connectivity index (χ0v) is 18.5. The monoisotopic (exact) mass is 435 g/mol. The average Bonchev–Trinajstić information content (AvgIpc) is 3.53. The van der Waals surface area contributed by atoms with Gasteiger partial charge in [-0.3, -0.25) is 14.1 Å². The van der Waals surface area contributed by atoms with Crippen LogP contribution in [0.5, 0.6) is 0 Å². The van der Waals surface area contributed by atoms with Crippen molar-refractivity contribution in [2.75, 3.05) is 36.4 Å². The molecule has 32 heavy (non-hydrogen) atoms. The number of carbonyl (C=O) groups is 1. The lowest BCUT2D eigenvalue weighted by Crippen LogP contribution is -2.47. The fraction of sp³-hybridized carbons (Fsp3) is 0.435. The number of aryl methyl sites for hydroxylation is 2. The molecule has 1 saturated carbocycles. The van der Waals surface area contributed by atoms with Crippen LogP contribution in [0.1, 0.15) is 46.6 Å². The van der Waals surface area contributed by atoms with Crippen molar-refractivity contribution in [3.8, 4) is 0 Å². The van der Waals surface area contributed by atoms with Gasteiger partial charge in [0.15, 0.2) is 6.23 Å². The second-order valence-electron chi connectivity index (χ2n) is 8.73. The van der Waals surface area contributed by atoms with Crippen LogP contribution in [0.25, 0.3) is 5.65 Å². The van der Waals surface area contributed by atoms with Gasteiger partial charge in [0.2, 0.25) is 0 Å². The number of primary amides is 1. The molecule has 2 fully saturated rings. The van der Waals surface area contributed by atoms with Gasteiger partial charge < -0.3 is 21.1 Å². The highest BCUT2D eigenvalue weighted by Gasteiger charge is 2.31. The number of carbonyl (C=O) groups excluding carboxylic acids is 1. The van der Waals surface area contributed by atoms with Gasteiger partial charge in [-0.15, -0.1) is 0 Å². The quantitative estimate of drug-likeness (QED) is 0.507. The van der Waals surface area contributed by atoms with Crippen LogP contribution in [0.3, 0.4) is 0 Å². The smallest absolute Gasteiger partial charge is 0.250 e. The van der Waals surface area contributed by atoms with Crippen molar-refractivity contribution in [3.05, 3.63) is 53.2 Å². The third-order valence-corrected chi connectivity index (χ3v) is 6.36. The average molecular weight is 436 g/mol. The predicted molar refractivity (Wildman–Crippen MR) is 123 cm³/mol. The van der Waals surface area contributed by atoms with E-state index in [0.717, 1.165) is 49.4 Å². The number of aromatic nitrogens is 3. The molecule has 5 rings (SSSR count). The number of anilines is 2. The molecule has 9 heteroatoms. The Bertz CT molecular complexity index is 1160. The highest BCUT2D eigenvalue weighted by molar-refractivity contribution is 5.99. The summed E-state index contributed by atoms with van der Waals surface area (Å²) >= 11 is 0. The van der Waals surface area contributed by atoms with Crippen molar-refractivity contribution in [2.24, 2.45) is 5.73 Å². The van der Waals surface area contributed by atoms with E-state index in [-0.39, 0.29) is 0 Å². The number of nitrogens with two attached hydrogens (primary N) is 1. The number of nitrogens with one attached hydrogen (secondary N) is 1. The van der Waals surface area contributed by atoms with Crippen molar-refractivity contribution in [3.63, 3.8) is 0 Å². The number of hydrogen-bond acceptors (Lipinski definition) is 7. The molecule has 1 saturated heterocycles. The summed E-state index contributed by atoms with van der Waals surface area (Å²) in [5.74, 6) is 0.249. The summed E-state index contributed by atoms with van der Waals surface area (Å²) in [6, 6.07) is 8.21. The Kier molecular flexibility index (Phi) is 5.22. The zero-order valence-electron chi connectivity index (χ0n) is 18.5. The number of amides is 1. The summed E-state index contributed by atoms with van der Waals surface area (Å²) in [4.78, 5) is 25.9. The van der Waals surface area contributed by atoms with Gasteiger partial charge >= 0.3 is 0 Å². The van der Waals surface area contributed by atoms with E-state index in [2.05, 4.69) is 25.1 Å². The third-order valence-electron chi connectivity index (χ3n) is 6.36. The molecule has 0 radical (unpaired) electrons. The van der Waals surface area contributed by atoms with E-state index in [1.807, 2.05) is 36.4 Å². The molecule has 1 aliphatic carbocycles. The normalized spacial score (nSPS) is 18.2.